The normalized spacial score (nSPS) is 10.7. The van der Waals surface area contributed by atoms with E-state index >= 15 is 0 Å². The first-order valence-electron chi connectivity index (χ1n) is 6.50. The summed E-state index contributed by atoms with van der Waals surface area (Å²) in [5.74, 6) is 0.0910. The number of hydrogen-bond acceptors (Lipinski definition) is 6. The summed E-state index contributed by atoms with van der Waals surface area (Å²) in [7, 11) is -3.23. The predicted molar refractivity (Wildman–Crippen MR) is 97.8 cm³/mol. The molecule has 120 valence electrons. The number of thiol groups is 1. The van der Waals surface area contributed by atoms with Gasteiger partial charge in [-0.15, -0.1) is 12.6 Å². The SMILES string of the molecule is CC(=O)c1ccc(S)cc1.O=S(=O)(c1ccsc1)c1ccsc1. The molecule has 2 aromatic heterocycles. The Morgan fingerprint density at radius 1 is 0.913 bits per heavy atom. The van der Waals surface area contributed by atoms with Crippen molar-refractivity contribution in [3.05, 3.63) is 63.5 Å². The van der Waals surface area contributed by atoms with Crippen LogP contribution in [0.1, 0.15) is 17.3 Å². The van der Waals surface area contributed by atoms with Crippen LogP contribution in [0.3, 0.4) is 0 Å². The van der Waals surface area contributed by atoms with Crippen molar-refractivity contribution < 1.29 is 13.2 Å². The van der Waals surface area contributed by atoms with E-state index in [1.807, 2.05) is 0 Å². The van der Waals surface area contributed by atoms with Gasteiger partial charge in [0.1, 0.15) is 0 Å². The van der Waals surface area contributed by atoms with Crippen LogP contribution >= 0.6 is 35.3 Å². The average Bonchev–Trinajstić information content (AvgIpc) is 3.22. The maximum absolute atomic E-state index is 11.8. The highest BCUT2D eigenvalue weighted by atomic mass is 32.2. The lowest BCUT2D eigenvalue weighted by atomic mass is 10.2. The molecular formula is C16H14O3S4. The summed E-state index contributed by atoms with van der Waals surface area (Å²) < 4.78 is 23.5. The van der Waals surface area contributed by atoms with Gasteiger partial charge in [-0.2, -0.15) is 22.7 Å². The second-order valence-corrected chi connectivity index (χ2v) is 8.55. The van der Waals surface area contributed by atoms with Gasteiger partial charge in [0.25, 0.3) is 0 Å². The number of rotatable bonds is 3. The number of ketones is 1. The van der Waals surface area contributed by atoms with Gasteiger partial charge in [0.15, 0.2) is 5.78 Å². The molecule has 0 atom stereocenters. The number of thiophene rings is 2. The Balaban J connectivity index is 0.000000174. The van der Waals surface area contributed by atoms with Crippen molar-refractivity contribution in [1.82, 2.24) is 0 Å². The van der Waals surface area contributed by atoms with Gasteiger partial charge in [-0.25, -0.2) is 8.42 Å². The molecule has 0 fully saturated rings. The van der Waals surface area contributed by atoms with Crippen LogP contribution in [0.2, 0.25) is 0 Å². The first kappa shape index (κ1) is 17.9. The maximum atomic E-state index is 11.8. The fraction of sp³-hybridized carbons (Fsp3) is 0.0625. The zero-order valence-corrected chi connectivity index (χ0v) is 15.5. The Kier molecular flexibility index (Phi) is 6.17. The molecule has 23 heavy (non-hydrogen) atoms. The lowest BCUT2D eigenvalue weighted by Crippen LogP contribution is -1.97. The molecule has 0 saturated carbocycles. The Bertz CT molecular complexity index is 806. The summed E-state index contributed by atoms with van der Waals surface area (Å²) in [5.41, 5.74) is 0.734. The summed E-state index contributed by atoms with van der Waals surface area (Å²) in [6.45, 7) is 1.55. The van der Waals surface area contributed by atoms with E-state index < -0.39 is 9.84 Å². The smallest absolute Gasteiger partial charge is 0.208 e. The van der Waals surface area contributed by atoms with Gasteiger partial charge in [-0.1, -0.05) is 12.1 Å². The Labute approximate surface area is 149 Å². The van der Waals surface area contributed by atoms with Crippen LogP contribution in [0, 0.1) is 0 Å². The molecular weight excluding hydrogens is 368 g/mol. The van der Waals surface area contributed by atoms with Crippen molar-refractivity contribution in [2.45, 2.75) is 21.6 Å². The monoisotopic (exact) mass is 382 g/mol. The molecule has 0 saturated heterocycles. The highest BCUT2D eigenvalue weighted by molar-refractivity contribution is 7.91. The molecule has 2 heterocycles. The molecule has 0 aliphatic heterocycles. The third-order valence-corrected chi connectivity index (χ3v) is 6.60. The number of sulfone groups is 1. The predicted octanol–water partition coefficient (Wildman–Crippen LogP) is 4.82. The molecule has 0 amide bonds. The van der Waals surface area contributed by atoms with E-state index in [4.69, 9.17) is 0 Å². The zero-order chi connectivity index (χ0) is 16.9. The van der Waals surface area contributed by atoms with E-state index in [1.54, 1.807) is 64.8 Å². The lowest BCUT2D eigenvalue weighted by Gasteiger charge is -1.96. The second-order valence-electron chi connectivity index (χ2n) is 4.52. The molecule has 0 aliphatic carbocycles. The highest BCUT2D eigenvalue weighted by Gasteiger charge is 2.17. The molecule has 3 rings (SSSR count). The molecule has 3 aromatic rings. The number of benzene rings is 1. The Morgan fingerprint density at radius 2 is 1.39 bits per heavy atom. The molecule has 0 radical (unpaired) electrons. The van der Waals surface area contributed by atoms with Crippen molar-refractivity contribution in [2.75, 3.05) is 0 Å². The van der Waals surface area contributed by atoms with Crippen LogP contribution in [0.5, 0.6) is 0 Å². The molecule has 3 nitrogen and oxygen atoms in total. The second kappa shape index (κ2) is 7.92. The van der Waals surface area contributed by atoms with Gasteiger partial charge in [0, 0.05) is 21.2 Å². The van der Waals surface area contributed by atoms with E-state index in [1.165, 1.54) is 22.7 Å². The van der Waals surface area contributed by atoms with Crippen molar-refractivity contribution in [2.24, 2.45) is 0 Å². The zero-order valence-electron chi connectivity index (χ0n) is 12.2. The fourth-order valence-corrected chi connectivity index (χ4v) is 5.11. The van der Waals surface area contributed by atoms with Gasteiger partial charge in [0.2, 0.25) is 9.84 Å². The summed E-state index contributed by atoms with van der Waals surface area (Å²) in [5, 5.41) is 6.82. The summed E-state index contributed by atoms with van der Waals surface area (Å²) >= 11 is 6.86. The number of Topliss-reactive ketones (excluding diaryl/α,β-unsaturated/α-hetero) is 1. The molecule has 0 spiro atoms. The number of carbonyl (C=O) groups is 1. The van der Waals surface area contributed by atoms with E-state index in [0.717, 1.165) is 10.5 Å². The van der Waals surface area contributed by atoms with Crippen LogP contribution in [0.15, 0.2) is 72.6 Å². The Morgan fingerprint density at radius 3 is 1.74 bits per heavy atom. The minimum atomic E-state index is -3.23. The van der Waals surface area contributed by atoms with E-state index in [-0.39, 0.29) is 5.78 Å². The maximum Gasteiger partial charge on any atom is 0.208 e. The summed E-state index contributed by atoms with van der Waals surface area (Å²) in [4.78, 5) is 12.4. The first-order valence-corrected chi connectivity index (χ1v) is 10.3. The largest absolute Gasteiger partial charge is 0.295 e. The van der Waals surface area contributed by atoms with Gasteiger partial charge in [-0.05, 0) is 41.9 Å². The van der Waals surface area contributed by atoms with Crippen molar-refractivity contribution in [3.63, 3.8) is 0 Å². The van der Waals surface area contributed by atoms with Crippen LogP contribution in [-0.4, -0.2) is 14.2 Å². The van der Waals surface area contributed by atoms with Crippen LogP contribution in [0.25, 0.3) is 0 Å². The molecule has 0 N–H and O–H groups in total. The van der Waals surface area contributed by atoms with Crippen molar-refractivity contribution in [3.8, 4) is 0 Å². The lowest BCUT2D eigenvalue weighted by molar-refractivity contribution is 0.101. The van der Waals surface area contributed by atoms with Crippen molar-refractivity contribution >= 4 is 50.9 Å². The first-order chi connectivity index (χ1) is 10.9. The van der Waals surface area contributed by atoms with Crippen LogP contribution < -0.4 is 0 Å². The molecule has 7 heteroatoms. The van der Waals surface area contributed by atoms with Crippen LogP contribution in [0.4, 0.5) is 0 Å². The van der Waals surface area contributed by atoms with Crippen LogP contribution in [-0.2, 0) is 9.84 Å². The van der Waals surface area contributed by atoms with Gasteiger partial charge in [-0.3, -0.25) is 4.79 Å². The molecule has 1 aromatic carbocycles. The third kappa shape index (κ3) is 4.78. The van der Waals surface area contributed by atoms with E-state index in [2.05, 4.69) is 12.6 Å². The summed E-state index contributed by atoms with van der Waals surface area (Å²) in [6, 6.07) is 10.4. The minimum Gasteiger partial charge on any atom is -0.295 e. The van der Waals surface area contributed by atoms with Gasteiger partial charge < -0.3 is 0 Å². The van der Waals surface area contributed by atoms with E-state index in [0.29, 0.717) is 9.79 Å². The topological polar surface area (TPSA) is 51.2 Å². The van der Waals surface area contributed by atoms with Crippen molar-refractivity contribution in [1.29, 1.82) is 0 Å². The Hall–Kier alpha value is -1.41. The van der Waals surface area contributed by atoms with Gasteiger partial charge in [0.05, 0.1) is 9.79 Å². The molecule has 0 bridgehead atoms. The molecule has 0 aliphatic rings. The van der Waals surface area contributed by atoms with Gasteiger partial charge >= 0.3 is 0 Å². The third-order valence-electron chi connectivity index (χ3n) is 2.88. The minimum absolute atomic E-state index is 0.0910. The number of hydrogen-bond donors (Lipinski definition) is 1. The fourth-order valence-electron chi connectivity index (χ4n) is 1.64. The number of carbonyl (C=O) groups excluding carboxylic acids is 1. The quantitative estimate of drug-likeness (QED) is 0.522. The standard InChI is InChI=1S/C8H6O2S3.C8H8OS/c9-13(10,7-1-3-11-5-7)8-2-4-12-6-8;1-6(9)7-2-4-8(10)5-3-7/h1-6H;2-5,10H,1H3. The highest BCUT2D eigenvalue weighted by Crippen LogP contribution is 2.24. The van der Waals surface area contributed by atoms with E-state index in [9.17, 15) is 13.2 Å². The molecule has 0 unspecified atom stereocenters. The average molecular weight is 383 g/mol. The summed E-state index contributed by atoms with van der Waals surface area (Å²) in [6.07, 6.45) is 0.